The lowest BCUT2D eigenvalue weighted by atomic mass is 9.79. The molecule has 1 aliphatic heterocycles. The van der Waals surface area contributed by atoms with E-state index in [2.05, 4.69) is 0 Å². The third-order valence-electron chi connectivity index (χ3n) is 5.58. The molecule has 4 heteroatoms. The van der Waals surface area contributed by atoms with Gasteiger partial charge in [0, 0.05) is 5.56 Å². The summed E-state index contributed by atoms with van der Waals surface area (Å²) in [5.74, 6) is 1.08. The van der Waals surface area contributed by atoms with Crippen LogP contribution >= 0.6 is 0 Å². The van der Waals surface area contributed by atoms with Crippen molar-refractivity contribution in [3.63, 3.8) is 0 Å². The number of aryl methyl sites for hydroxylation is 2. The fraction of sp³-hybridized carbons (Fsp3) is 0.409. The van der Waals surface area contributed by atoms with Crippen molar-refractivity contribution >= 4 is 5.78 Å². The molecule has 0 aromatic heterocycles. The molecule has 0 saturated carbocycles. The molecule has 1 saturated heterocycles. The van der Waals surface area contributed by atoms with E-state index in [0.717, 1.165) is 16.7 Å². The molecule has 0 aliphatic carbocycles. The van der Waals surface area contributed by atoms with E-state index in [1.807, 2.05) is 64.1 Å². The number of ketones is 1. The van der Waals surface area contributed by atoms with Crippen LogP contribution in [0, 0.1) is 19.8 Å². The number of hydrogen-bond acceptors (Lipinski definition) is 4. The molecule has 26 heavy (non-hydrogen) atoms. The maximum atomic E-state index is 13.2. The molecule has 138 valence electrons. The van der Waals surface area contributed by atoms with Crippen LogP contribution in [-0.4, -0.2) is 26.1 Å². The highest BCUT2D eigenvalue weighted by Crippen LogP contribution is 2.53. The number of carbonyl (C=O) groups excluding carboxylic acids is 1. The number of methoxy groups -OCH3 is 2. The average molecular weight is 354 g/mol. The first-order chi connectivity index (χ1) is 12.3. The van der Waals surface area contributed by atoms with Gasteiger partial charge < -0.3 is 14.2 Å². The van der Waals surface area contributed by atoms with Gasteiger partial charge in [0.1, 0.15) is 5.60 Å². The third kappa shape index (κ3) is 2.88. The summed E-state index contributed by atoms with van der Waals surface area (Å²) >= 11 is 0. The van der Waals surface area contributed by atoms with Crippen molar-refractivity contribution in [2.75, 3.05) is 14.2 Å². The van der Waals surface area contributed by atoms with E-state index in [4.69, 9.17) is 14.2 Å². The van der Waals surface area contributed by atoms with Gasteiger partial charge in [-0.25, -0.2) is 0 Å². The zero-order valence-corrected chi connectivity index (χ0v) is 16.3. The Hall–Kier alpha value is -2.33. The third-order valence-corrected chi connectivity index (χ3v) is 5.58. The van der Waals surface area contributed by atoms with Crippen LogP contribution in [0.25, 0.3) is 0 Å². The molecule has 2 aromatic carbocycles. The van der Waals surface area contributed by atoms with Gasteiger partial charge in [-0.3, -0.25) is 4.79 Å². The van der Waals surface area contributed by atoms with Crippen molar-refractivity contribution in [1.82, 2.24) is 0 Å². The summed E-state index contributed by atoms with van der Waals surface area (Å²) in [6.45, 7) is 8.01. The van der Waals surface area contributed by atoms with Crippen LogP contribution in [0.1, 0.15) is 40.9 Å². The minimum absolute atomic E-state index is 0.0360. The molecule has 3 unspecified atom stereocenters. The van der Waals surface area contributed by atoms with Gasteiger partial charge in [-0.15, -0.1) is 0 Å². The summed E-state index contributed by atoms with van der Waals surface area (Å²) in [5, 5.41) is 0. The first kappa shape index (κ1) is 18.5. The van der Waals surface area contributed by atoms with Crippen molar-refractivity contribution in [3.05, 3.63) is 58.7 Å². The van der Waals surface area contributed by atoms with Crippen molar-refractivity contribution < 1.29 is 19.0 Å². The Kier molecular flexibility index (Phi) is 4.80. The quantitative estimate of drug-likeness (QED) is 0.568. The van der Waals surface area contributed by atoms with Crippen LogP contribution in [0.3, 0.4) is 0 Å². The maximum Gasteiger partial charge on any atom is 0.169 e. The molecule has 1 fully saturated rings. The molecular formula is C22H26O4. The number of rotatable bonds is 6. The number of Topliss-reactive ketones (excluding diaryl/α,β-unsaturated/α-hetero) is 1. The van der Waals surface area contributed by atoms with Crippen LogP contribution in [0.2, 0.25) is 0 Å². The van der Waals surface area contributed by atoms with E-state index >= 15 is 0 Å². The molecule has 2 aromatic rings. The maximum absolute atomic E-state index is 13.2. The Bertz CT molecular complexity index is 842. The summed E-state index contributed by atoms with van der Waals surface area (Å²) < 4.78 is 16.7. The second-order valence-electron chi connectivity index (χ2n) is 7.01. The Balaban J connectivity index is 1.97. The molecule has 0 amide bonds. The van der Waals surface area contributed by atoms with Gasteiger partial charge in [-0.05, 0) is 55.7 Å². The first-order valence-electron chi connectivity index (χ1n) is 8.87. The Labute approximate surface area is 155 Å². The predicted molar refractivity (Wildman–Crippen MR) is 101 cm³/mol. The highest BCUT2D eigenvalue weighted by Gasteiger charge is 2.60. The summed E-state index contributed by atoms with van der Waals surface area (Å²) in [6.07, 6.45) is -0.0360. The van der Waals surface area contributed by atoms with Gasteiger partial charge >= 0.3 is 0 Å². The second-order valence-corrected chi connectivity index (χ2v) is 7.01. The molecule has 1 heterocycles. The number of hydrogen-bond donors (Lipinski definition) is 0. The van der Waals surface area contributed by atoms with Gasteiger partial charge in [0.25, 0.3) is 0 Å². The van der Waals surface area contributed by atoms with Gasteiger partial charge in [-0.2, -0.15) is 0 Å². The van der Waals surface area contributed by atoms with Crippen molar-refractivity contribution in [2.45, 2.75) is 39.4 Å². The lowest BCUT2D eigenvalue weighted by Crippen LogP contribution is -2.29. The van der Waals surface area contributed by atoms with E-state index in [-0.39, 0.29) is 17.8 Å². The van der Waals surface area contributed by atoms with E-state index in [1.165, 1.54) is 5.56 Å². The summed E-state index contributed by atoms with van der Waals surface area (Å²) in [7, 11) is 3.21. The minimum Gasteiger partial charge on any atom is -0.493 e. The fourth-order valence-electron chi connectivity index (χ4n) is 3.68. The Morgan fingerprint density at radius 3 is 2.23 bits per heavy atom. The Morgan fingerprint density at radius 2 is 1.69 bits per heavy atom. The molecule has 0 N–H and O–H groups in total. The molecule has 0 bridgehead atoms. The molecular weight excluding hydrogens is 328 g/mol. The van der Waals surface area contributed by atoms with Gasteiger partial charge in [0.15, 0.2) is 17.3 Å². The van der Waals surface area contributed by atoms with Gasteiger partial charge in [-0.1, -0.05) is 25.1 Å². The van der Waals surface area contributed by atoms with E-state index in [1.54, 1.807) is 14.2 Å². The molecule has 3 atom stereocenters. The predicted octanol–water partition coefficient (Wildman–Crippen LogP) is 4.45. The highest BCUT2D eigenvalue weighted by atomic mass is 16.6. The first-order valence-corrected chi connectivity index (χ1v) is 8.87. The SMILES string of the molecule is COc1ccc(C2(C(C)C(=O)c3ccc(C)c(C)c3)OC2C)cc1OC. The zero-order chi connectivity index (χ0) is 19.1. The lowest BCUT2D eigenvalue weighted by molar-refractivity contribution is 0.0850. The molecule has 0 spiro atoms. The van der Waals surface area contributed by atoms with Crippen LogP contribution in [0.15, 0.2) is 36.4 Å². The standard InChI is InChI=1S/C22H26O4/c1-13-7-8-17(11-14(13)2)21(23)15(3)22(16(4)26-22)18-9-10-19(24-5)20(12-18)25-6/h7-12,15-16H,1-6H3. The van der Waals surface area contributed by atoms with E-state index < -0.39 is 5.60 Å². The summed E-state index contributed by atoms with van der Waals surface area (Å²) in [6, 6.07) is 11.6. The van der Waals surface area contributed by atoms with Crippen LogP contribution < -0.4 is 9.47 Å². The number of benzene rings is 2. The van der Waals surface area contributed by atoms with E-state index in [0.29, 0.717) is 11.5 Å². The fourth-order valence-corrected chi connectivity index (χ4v) is 3.68. The van der Waals surface area contributed by atoms with Gasteiger partial charge in [0.05, 0.1) is 26.2 Å². The van der Waals surface area contributed by atoms with Crippen LogP contribution in [-0.2, 0) is 10.3 Å². The molecule has 3 rings (SSSR count). The smallest absolute Gasteiger partial charge is 0.169 e. The van der Waals surface area contributed by atoms with Gasteiger partial charge in [0.2, 0.25) is 0 Å². The molecule has 0 radical (unpaired) electrons. The van der Waals surface area contributed by atoms with Crippen molar-refractivity contribution in [1.29, 1.82) is 0 Å². The molecule has 1 aliphatic rings. The van der Waals surface area contributed by atoms with Crippen molar-refractivity contribution in [2.24, 2.45) is 5.92 Å². The second kappa shape index (κ2) is 6.76. The number of carbonyl (C=O) groups is 1. The average Bonchev–Trinajstić information content (AvgIpc) is 3.34. The monoisotopic (exact) mass is 354 g/mol. The number of epoxide rings is 1. The zero-order valence-electron chi connectivity index (χ0n) is 16.3. The lowest BCUT2D eigenvalue weighted by Gasteiger charge is -2.22. The van der Waals surface area contributed by atoms with Crippen molar-refractivity contribution in [3.8, 4) is 11.5 Å². The summed E-state index contributed by atoms with van der Waals surface area (Å²) in [5.41, 5.74) is 3.33. The largest absolute Gasteiger partial charge is 0.493 e. The topological polar surface area (TPSA) is 48.1 Å². The normalized spacial score (nSPS) is 22.6. The molecule has 4 nitrogen and oxygen atoms in total. The number of ether oxygens (including phenoxy) is 3. The van der Waals surface area contributed by atoms with Crippen LogP contribution in [0.5, 0.6) is 11.5 Å². The Morgan fingerprint density at radius 1 is 1.04 bits per heavy atom. The summed E-state index contributed by atoms with van der Waals surface area (Å²) in [4.78, 5) is 13.2. The van der Waals surface area contributed by atoms with Crippen LogP contribution in [0.4, 0.5) is 0 Å². The van der Waals surface area contributed by atoms with E-state index in [9.17, 15) is 4.79 Å². The minimum atomic E-state index is -0.630. The highest BCUT2D eigenvalue weighted by molar-refractivity contribution is 5.99.